The van der Waals surface area contributed by atoms with E-state index in [1.54, 1.807) is 35.6 Å². The summed E-state index contributed by atoms with van der Waals surface area (Å²) in [6.07, 6.45) is 0. The molecule has 1 aliphatic heterocycles. The minimum absolute atomic E-state index is 0.136. The molecule has 1 saturated heterocycles. The monoisotopic (exact) mass is 374 g/mol. The highest BCUT2D eigenvalue weighted by molar-refractivity contribution is 7.10. The molecule has 3 rings (SSSR count). The average Bonchev–Trinajstić information content (AvgIpc) is 3.23. The number of esters is 1. The summed E-state index contributed by atoms with van der Waals surface area (Å²) in [7, 11) is 1.33. The topological polar surface area (TPSA) is 67.9 Å². The van der Waals surface area contributed by atoms with Crippen molar-refractivity contribution < 1.29 is 19.1 Å². The van der Waals surface area contributed by atoms with Crippen LogP contribution in [0.1, 0.15) is 31.6 Å². The van der Waals surface area contributed by atoms with Crippen molar-refractivity contribution in [3.8, 4) is 0 Å². The van der Waals surface area contributed by atoms with E-state index in [0.717, 1.165) is 13.1 Å². The fourth-order valence-electron chi connectivity index (χ4n) is 2.95. The fraction of sp³-hybridized carbons (Fsp3) is 0.368. The number of thiophene rings is 1. The predicted octanol–water partition coefficient (Wildman–Crippen LogP) is 2.34. The lowest BCUT2D eigenvalue weighted by molar-refractivity contribution is 0.0169. The third-order valence-corrected chi connectivity index (χ3v) is 5.36. The molecule has 0 aliphatic carbocycles. The number of rotatable bonds is 6. The largest absolute Gasteiger partial charge is 0.465 e. The standard InChI is InChI=1S/C19H22N2O4S/c1-24-19(23)15-6-4-14(5-7-15)18(22)20-13-16(17-3-2-12-26-17)21-8-10-25-11-9-21/h2-7,12,16H,8-11,13H2,1H3,(H,20,22)/t16-/m1/s1. The Hall–Kier alpha value is -2.22. The van der Waals surface area contributed by atoms with Crippen molar-refractivity contribution in [1.82, 2.24) is 10.2 Å². The van der Waals surface area contributed by atoms with Gasteiger partial charge in [-0.15, -0.1) is 11.3 Å². The van der Waals surface area contributed by atoms with Gasteiger partial charge in [-0.25, -0.2) is 4.79 Å². The zero-order valence-corrected chi connectivity index (χ0v) is 15.5. The number of ether oxygens (including phenoxy) is 2. The lowest BCUT2D eigenvalue weighted by atomic mass is 10.1. The second-order valence-electron chi connectivity index (χ2n) is 5.96. The summed E-state index contributed by atoms with van der Waals surface area (Å²) in [6, 6.07) is 10.7. The molecule has 6 nitrogen and oxygen atoms in total. The van der Waals surface area contributed by atoms with Crippen LogP contribution in [0.4, 0.5) is 0 Å². The van der Waals surface area contributed by atoms with E-state index in [1.165, 1.54) is 12.0 Å². The molecule has 7 heteroatoms. The number of morpholine rings is 1. The van der Waals surface area contributed by atoms with Crippen molar-refractivity contribution in [3.63, 3.8) is 0 Å². The number of nitrogens with zero attached hydrogens (tertiary/aromatic N) is 1. The molecule has 0 radical (unpaired) electrons. The molecular weight excluding hydrogens is 352 g/mol. The van der Waals surface area contributed by atoms with Gasteiger partial charge in [0.2, 0.25) is 0 Å². The number of methoxy groups -OCH3 is 1. The lowest BCUT2D eigenvalue weighted by Crippen LogP contribution is -2.43. The molecule has 0 bridgehead atoms. The van der Waals surface area contributed by atoms with Crippen molar-refractivity contribution in [1.29, 1.82) is 0 Å². The number of carbonyl (C=O) groups is 2. The Morgan fingerprint density at radius 3 is 2.50 bits per heavy atom. The third-order valence-electron chi connectivity index (χ3n) is 4.38. The highest BCUT2D eigenvalue weighted by Crippen LogP contribution is 2.25. The Balaban J connectivity index is 1.64. The van der Waals surface area contributed by atoms with Gasteiger partial charge in [-0.3, -0.25) is 9.69 Å². The summed E-state index contributed by atoms with van der Waals surface area (Å²) in [4.78, 5) is 27.5. The summed E-state index contributed by atoms with van der Waals surface area (Å²) < 4.78 is 10.1. The van der Waals surface area contributed by atoms with Gasteiger partial charge in [-0.2, -0.15) is 0 Å². The van der Waals surface area contributed by atoms with Crippen molar-refractivity contribution in [2.45, 2.75) is 6.04 Å². The van der Waals surface area contributed by atoms with Crippen LogP contribution in [0.25, 0.3) is 0 Å². The first kappa shape index (κ1) is 18.6. The third kappa shape index (κ3) is 4.49. The number of hydrogen-bond donors (Lipinski definition) is 1. The molecule has 1 fully saturated rings. The van der Waals surface area contributed by atoms with Crippen LogP contribution in [0, 0.1) is 0 Å². The average molecular weight is 374 g/mol. The number of amides is 1. The second-order valence-corrected chi connectivity index (χ2v) is 6.94. The molecule has 1 amide bonds. The normalized spacial score (nSPS) is 16.0. The van der Waals surface area contributed by atoms with E-state index in [4.69, 9.17) is 4.74 Å². The highest BCUT2D eigenvalue weighted by Gasteiger charge is 2.24. The first-order chi connectivity index (χ1) is 12.7. The van der Waals surface area contributed by atoms with E-state index in [1.807, 2.05) is 6.07 Å². The van der Waals surface area contributed by atoms with Gasteiger partial charge in [0, 0.05) is 30.1 Å². The summed E-state index contributed by atoms with van der Waals surface area (Å²) in [5.74, 6) is -0.571. The van der Waals surface area contributed by atoms with Gasteiger partial charge in [-0.05, 0) is 35.7 Å². The van der Waals surface area contributed by atoms with Crippen molar-refractivity contribution in [2.75, 3.05) is 40.0 Å². The summed E-state index contributed by atoms with van der Waals surface area (Å²) in [5.41, 5.74) is 0.943. The Morgan fingerprint density at radius 2 is 1.88 bits per heavy atom. The van der Waals surface area contributed by atoms with Gasteiger partial charge in [0.25, 0.3) is 5.91 Å². The highest BCUT2D eigenvalue weighted by atomic mass is 32.1. The van der Waals surface area contributed by atoms with Gasteiger partial charge < -0.3 is 14.8 Å². The molecule has 26 heavy (non-hydrogen) atoms. The molecular formula is C19H22N2O4S. The quantitative estimate of drug-likeness (QED) is 0.786. The van der Waals surface area contributed by atoms with E-state index < -0.39 is 5.97 Å². The second kappa shape index (κ2) is 8.93. The summed E-state index contributed by atoms with van der Waals surface area (Å²) >= 11 is 1.69. The molecule has 2 heterocycles. The Labute approximate surface area is 156 Å². The Morgan fingerprint density at radius 1 is 1.19 bits per heavy atom. The van der Waals surface area contributed by atoms with E-state index in [9.17, 15) is 9.59 Å². The molecule has 0 saturated carbocycles. The molecule has 2 aromatic rings. The number of benzene rings is 1. The minimum atomic E-state index is -0.415. The zero-order valence-electron chi connectivity index (χ0n) is 14.6. The van der Waals surface area contributed by atoms with Gasteiger partial charge in [0.05, 0.1) is 31.9 Å². The lowest BCUT2D eigenvalue weighted by Gasteiger charge is -2.34. The van der Waals surface area contributed by atoms with Gasteiger partial charge >= 0.3 is 5.97 Å². The van der Waals surface area contributed by atoms with Crippen LogP contribution in [0.2, 0.25) is 0 Å². The van der Waals surface area contributed by atoms with Crippen molar-refractivity contribution in [2.24, 2.45) is 0 Å². The zero-order chi connectivity index (χ0) is 18.4. The van der Waals surface area contributed by atoms with Gasteiger partial charge in [-0.1, -0.05) is 6.07 Å². The Kier molecular flexibility index (Phi) is 6.38. The summed E-state index contributed by atoms with van der Waals surface area (Å²) in [5, 5.41) is 5.07. The van der Waals surface area contributed by atoms with Crippen LogP contribution in [0.3, 0.4) is 0 Å². The molecule has 1 aliphatic rings. The van der Waals surface area contributed by atoms with E-state index >= 15 is 0 Å². The molecule has 1 N–H and O–H groups in total. The van der Waals surface area contributed by atoms with Crippen LogP contribution < -0.4 is 5.32 Å². The first-order valence-corrected chi connectivity index (χ1v) is 9.39. The van der Waals surface area contributed by atoms with Crippen LogP contribution in [-0.2, 0) is 9.47 Å². The molecule has 138 valence electrons. The maximum atomic E-state index is 12.5. The van der Waals surface area contributed by atoms with Crippen LogP contribution in [-0.4, -0.2) is 56.7 Å². The molecule has 1 aromatic heterocycles. The Bertz CT molecular complexity index is 725. The molecule has 1 aromatic carbocycles. The maximum absolute atomic E-state index is 12.5. The molecule has 0 unspecified atom stereocenters. The minimum Gasteiger partial charge on any atom is -0.465 e. The number of carbonyl (C=O) groups excluding carboxylic acids is 2. The van der Waals surface area contributed by atoms with Crippen molar-refractivity contribution >= 4 is 23.2 Å². The van der Waals surface area contributed by atoms with Gasteiger partial charge in [0.1, 0.15) is 0 Å². The molecule has 0 spiro atoms. The SMILES string of the molecule is COC(=O)c1ccc(C(=O)NC[C@H](c2cccs2)N2CCOCC2)cc1. The van der Waals surface area contributed by atoms with E-state index in [-0.39, 0.29) is 11.9 Å². The van der Waals surface area contributed by atoms with Crippen LogP contribution in [0.5, 0.6) is 0 Å². The number of hydrogen-bond acceptors (Lipinski definition) is 6. The van der Waals surface area contributed by atoms with Gasteiger partial charge in [0.15, 0.2) is 0 Å². The fourth-order valence-corrected chi connectivity index (χ4v) is 3.81. The first-order valence-electron chi connectivity index (χ1n) is 8.51. The van der Waals surface area contributed by atoms with Crippen molar-refractivity contribution in [3.05, 3.63) is 57.8 Å². The number of nitrogens with one attached hydrogen (secondary N) is 1. The van der Waals surface area contributed by atoms with Crippen LogP contribution in [0.15, 0.2) is 41.8 Å². The molecule has 1 atom stereocenters. The summed E-state index contributed by atoms with van der Waals surface area (Å²) in [6.45, 7) is 3.66. The smallest absolute Gasteiger partial charge is 0.337 e. The maximum Gasteiger partial charge on any atom is 0.337 e. The van der Waals surface area contributed by atoms with E-state index in [2.05, 4.69) is 26.4 Å². The predicted molar refractivity (Wildman–Crippen MR) is 99.6 cm³/mol. The van der Waals surface area contributed by atoms with Crippen LogP contribution >= 0.6 is 11.3 Å². The van der Waals surface area contributed by atoms with E-state index in [0.29, 0.717) is 30.9 Å².